The van der Waals surface area contributed by atoms with Crippen LogP contribution >= 0.6 is 57.5 Å². The highest BCUT2D eigenvalue weighted by Gasteiger charge is 2.30. The van der Waals surface area contributed by atoms with Gasteiger partial charge in [-0.2, -0.15) is 0 Å². The van der Waals surface area contributed by atoms with Crippen LogP contribution in [0.3, 0.4) is 0 Å². The maximum atomic E-state index is 12.6. The van der Waals surface area contributed by atoms with E-state index in [1.165, 1.54) is 11.3 Å². The number of aromatic nitrogens is 3. The smallest absolute Gasteiger partial charge is 0.342 e. The average molecular weight is 486 g/mol. The number of carbonyl (C=O) groups is 1. The molecule has 0 radical (unpaired) electrons. The first-order valence-corrected chi connectivity index (χ1v) is 11.0. The van der Waals surface area contributed by atoms with E-state index >= 15 is 0 Å². The van der Waals surface area contributed by atoms with Crippen molar-refractivity contribution in [3.63, 3.8) is 0 Å². The lowest BCUT2D eigenvalue weighted by Crippen LogP contribution is -2.16. The third kappa shape index (κ3) is 3.91. The first-order chi connectivity index (χ1) is 14.0. The number of carbonyl (C=O) groups excluding carboxylic acids is 1. The third-order valence-electron chi connectivity index (χ3n) is 3.81. The minimum absolute atomic E-state index is 0.124. The highest BCUT2D eigenvalue weighted by Crippen LogP contribution is 2.47. The molecule has 4 heterocycles. The average Bonchev–Trinajstić information content (AvgIpc) is 3.21. The van der Waals surface area contributed by atoms with Gasteiger partial charge in [0.15, 0.2) is 0 Å². The molecule has 4 aromatic heterocycles. The number of thiophene rings is 2. The predicted octanol–water partition coefficient (Wildman–Crippen LogP) is 6.75. The molecular formula is C18H11Cl3N4O2S2. The first kappa shape index (κ1) is 20.3. The Morgan fingerprint density at radius 2 is 2.07 bits per heavy atom. The molecule has 0 saturated heterocycles. The van der Waals surface area contributed by atoms with E-state index in [0.29, 0.717) is 25.8 Å². The van der Waals surface area contributed by atoms with Crippen LogP contribution in [-0.4, -0.2) is 27.5 Å². The van der Waals surface area contributed by atoms with Crippen molar-refractivity contribution in [1.29, 1.82) is 0 Å². The molecule has 4 aromatic rings. The van der Waals surface area contributed by atoms with Crippen LogP contribution in [-0.2, 0) is 4.74 Å². The Morgan fingerprint density at radius 1 is 1.24 bits per heavy atom. The first-order valence-electron chi connectivity index (χ1n) is 8.26. The van der Waals surface area contributed by atoms with E-state index in [1.807, 2.05) is 6.07 Å². The number of esters is 1. The van der Waals surface area contributed by atoms with Gasteiger partial charge >= 0.3 is 5.97 Å². The molecule has 0 saturated carbocycles. The molecular weight excluding hydrogens is 475 g/mol. The Kier molecular flexibility index (Phi) is 5.89. The molecule has 0 aromatic carbocycles. The van der Waals surface area contributed by atoms with Gasteiger partial charge < -0.3 is 4.74 Å². The molecule has 148 valence electrons. The van der Waals surface area contributed by atoms with Crippen LogP contribution in [0, 0.1) is 0 Å². The minimum atomic E-state index is -0.579. The van der Waals surface area contributed by atoms with E-state index in [0.717, 1.165) is 16.7 Å². The van der Waals surface area contributed by atoms with Crippen molar-refractivity contribution >= 4 is 90.3 Å². The van der Waals surface area contributed by atoms with Crippen LogP contribution in [0.5, 0.6) is 0 Å². The molecule has 6 nitrogen and oxygen atoms in total. The standard InChI is InChI=1S/C18H11Cl3N4O2S2/c1-2-27-17(26)12-13(20)14(21)29-16(12)25(10-4-3-5-22-8-10)18-23-7-9-6-11(19)28-15(9)24-18/h3-8H,2H2,1H3. The van der Waals surface area contributed by atoms with Gasteiger partial charge in [0.1, 0.15) is 19.7 Å². The van der Waals surface area contributed by atoms with Crippen molar-refractivity contribution in [3.8, 4) is 0 Å². The quantitative estimate of drug-likeness (QED) is 0.291. The lowest BCUT2D eigenvalue weighted by Gasteiger charge is -2.22. The zero-order valence-electron chi connectivity index (χ0n) is 14.7. The summed E-state index contributed by atoms with van der Waals surface area (Å²) in [5, 5.41) is 1.38. The van der Waals surface area contributed by atoms with Crippen molar-refractivity contribution in [3.05, 3.63) is 56.0 Å². The lowest BCUT2D eigenvalue weighted by atomic mass is 10.3. The Bertz CT molecular complexity index is 1200. The Balaban J connectivity index is 1.95. The number of ether oxygens (including phenoxy) is 1. The molecule has 4 rings (SSSR count). The van der Waals surface area contributed by atoms with Crippen molar-refractivity contribution in [1.82, 2.24) is 15.0 Å². The number of anilines is 3. The van der Waals surface area contributed by atoms with Crippen LogP contribution in [0.25, 0.3) is 10.2 Å². The van der Waals surface area contributed by atoms with Crippen LogP contribution in [0.15, 0.2) is 36.8 Å². The van der Waals surface area contributed by atoms with E-state index in [4.69, 9.17) is 39.5 Å². The molecule has 0 aliphatic carbocycles. The van der Waals surface area contributed by atoms with Gasteiger partial charge in [0.2, 0.25) is 5.95 Å². The van der Waals surface area contributed by atoms with E-state index in [1.54, 1.807) is 42.5 Å². The Hall–Kier alpha value is -1.97. The van der Waals surface area contributed by atoms with Gasteiger partial charge in [-0.3, -0.25) is 9.88 Å². The van der Waals surface area contributed by atoms with Crippen molar-refractivity contribution in [2.24, 2.45) is 0 Å². The van der Waals surface area contributed by atoms with E-state index in [-0.39, 0.29) is 21.5 Å². The number of pyridine rings is 1. The molecule has 0 spiro atoms. The van der Waals surface area contributed by atoms with Crippen molar-refractivity contribution < 1.29 is 9.53 Å². The molecule has 11 heteroatoms. The summed E-state index contributed by atoms with van der Waals surface area (Å²) in [6.07, 6.45) is 4.95. The summed E-state index contributed by atoms with van der Waals surface area (Å²) in [6, 6.07) is 5.38. The van der Waals surface area contributed by atoms with E-state index < -0.39 is 5.97 Å². The number of hydrogen-bond acceptors (Lipinski definition) is 8. The third-order valence-corrected chi connectivity index (χ3v) is 6.95. The van der Waals surface area contributed by atoms with Gasteiger partial charge in [-0.05, 0) is 25.1 Å². The lowest BCUT2D eigenvalue weighted by molar-refractivity contribution is 0.0528. The zero-order chi connectivity index (χ0) is 20.5. The number of nitrogens with zero attached hydrogens (tertiary/aromatic N) is 4. The van der Waals surface area contributed by atoms with Gasteiger partial charge in [0.05, 0.1) is 27.9 Å². The summed E-state index contributed by atoms with van der Waals surface area (Å²) in [7, 11) is 0. The fraction of sp³-hybridized carbons (Fsp3) is 0.111. The van der Waals surface area contributed by atoms with Crippen LogP contribution in [0.1, 0.15) is 17.3 Å². The van der Waals surface area contributed by atoms with Crippen molar-refractivity contribution in [2.75, 3.05) is 11.5 Å². The van der Waals surface area contributed by atoms with Gasteiger partial charge in [-0.25, -0.2) is 14.8 Å². The number of hydrogen-bond donors (Lipinski definition) is 0. The topological polar surface area (TPSA) is 68.2 Å². The number of rotatable bonds is 5. The van der Waals surface area contributed by atoms with Gasteiger partial charge in [-0.15, -0.1) is 22.7 Å². The predicted molar refractivity (Wildman–Crippen MR) is 119 cm³/mol. The molecule has 0 atom stereocenters. The van der Waals surface area contributed by atoms with Crippen molar-refractivity contribution in [2.45, 2.75) is 6.92 Å². The molecule has 0 amide bonds. The van der Waals surface area contributed by atoms with Crippen LogP contribution in [0.2, 0.25) is 13.7 Å². The van der Waals surface area contributed by atoms with E-state index in [2.05, 4.69) is 15.0 Å². The maximum Gasteiger partial charge on any atom is 0.342 e. The summed E-state index contributed by atoms with van der Waals surface area (Å²) in [6.45, 7) is 1.92. The zero-order valence-corrected chi connectivity index (χ0v) is 18.6. The van der Waals surface area contributed by atoms with Crippen LogP contribution in [0.4, 0.5) is 16.6 Å². The highest BCUT2D eigenvalue weighted by atomic mass is 35.5. The van der Waals surface area contributed by atoms with Crippen LogP contribution < -0.4 is 4.90 Å². The molecule has 0 aliphatic heterocycles. The van der Waals surface area contributed by atoms with Gasteiger partial charge in [-0.1, -0.05) is 34.8 Å². The molecule has 0 N–H and O–H groups in total. The second-order valence-electron chi connectivity index (χ2n) is 5.62. The molecule has 0 fully saturated rings. The minimum Gasteiger partial charge on any atom is -0.462 e. The molecule has 0 aliphatic rings. The summed E-state index contributed by atoms with van der Waals surface area (Å²) in [5.74, 6) is -0.256. The molecule has 0 bridgehead atoms. The second kappa shape index (κ2) is 8.41. The molecule has 29 heavy (non-hydrogen) atoms. The Labute approximate surface area is 188 Å². The monoisotopic (exact) mass is 484 g/mol. The Morgan fingerprint density at radius 3 is 2.79 bits per heavy atom. The number of fused-ring (bicyclic) bond motifs is 1. The summed E-state index contributed by atoms with van der Waals surface area (Å²) in [4.78, 5) is 28.3. The van der Waals surface area contributed by atoms with Gasteiger partial charge in [0, 0.05) is 17.8 Å². The van der Waals surface area contributed by atoms with E-state index in [9.17, 15) is 4.79 Å². The fourth-order valence-corrected chi connectivity index (χ4v) is 5.26. The SMILES string of the molecule is CCOC(=O)c1c(N(c2cccnc2)c2ncc3cc(Cl)sc3n2)sc(Cl)c1Cl. The highest BCUT2D eigenvalue weighted by molar-refractivity contribution is 7.22. The summed E-state index contributed by atoms with van der Waals surface area (Å²) < 4.78 is 6.05. The normalized spacial score (nSPS) is 11.0. The maximum absolute atomic E-state index is 12.6. The largest absolute Gasteiger partial charge is 0.462 e. The van der Waals surface area contributed by atoms with Gasteiger partial charge in [0.25, 0.3) is 0 Å². The summed E-state index contributed by atoms with van der Waals surface area (Å²) >= 11 is 21.2. The molecule has 0 unspecified atom stereocenters. The fourth-order valence-electron chi connectivity index (χ4n) is 2.62. The summed E-state index contributed by atoms with van der Waals surface area (Å²) in [5.41, 5.74) is 0.787. The number of halogens is 3. The second-order valence-corrected chi connectivity index (χ2v) is 9.26.